The number of amides is 1. The molecule has 1 unspecified atom stereocenters. The van der Waals surface area contributed by atoms with Crippen LogP contribution in [0.1, 0.15) is 72.1 Å². The lowest BCUT2D eigenvalue weighted by molar-refractivity contribution is -0.139. The van der Waals surface area contributed by atoms with E-state index in [-0.39, 0.29) is 18.2 Å². The molecule has 0 aromatic rings. The first-order chi connectivity index (χ1) is 9.33. The summed E-state index contributed by atoms with van der Waals surface area (Å²) in [6.07, 6.45) is 7.82. The van der Waals surface area contributed by atoms with E-state index in [9.17, 15) is 9.59 Å². The third-order valence-electron chi connectivity index (χ3n) is 4.71. The molecule has 0 aliphatic heterocycles. The van der Waals surface area contributed by atoms with Crippen molar-refractivity contribution < 1.29 is 14.7 Å². The van der Waals surface area contributed by atoms with Gasteiger partial charge in [-0.15, -0.1) is 0 Å². The van der Waals surface area contributed by atoms with Gasteiger partial charge in [0.05, 0.1) is 6.42 Å². The van der Waals surface area contributed by atoms with Gasteiger partial charge in [-0.2, -0.15) is 0 Å². The van der Waals surface area contributed by atoms with E-state index in [0.717, 1.165) is 18.8 Å². The van der Waals surface area contributed by atoms with Crippen LogP contribution < -0.4 is 5.32 Å². The topological polar surface area (TPSA) is 66.4 Å². The molecule has 20 heavy (non-hydrogen) atoms. The zero-order chi connectivity index (χ0) is 15.2. The van der Waals surface area contributed by atoms with Crippen LogP contribution in [0.5, 0.6) is 0 Å². The highest BCUT2D eigenvalue weighted by molar-refractivity contribution is 5.78. The molecule has 1 fully saturated rings. The van der Waals surface area contributed by atoms with Crippen LogP contribution in [0.3, 0.4) is 0 Å². The van der Waals surface area contributed by atoms with Crippen molar-refractivity contribution in [2.24, 2.45) is 11.8 Å². The largest absolute Gasteiger partial charge is 0.481 e. The Morgan fingerprint density at radius 1 is 1.30 bits per heavy atom. The predicted octanol–water partition coefficient (Wildman–Crippen LogP) is 3.35. The van der Waals surface area contributed by atoms with E-state index < -0.39 is 11.5 Å². The number of hydrogen-bond acceptors (Lipinski definition) is 2. The fourth-order valence-electron chi connectivity index (χ4n) is 2.94. The maximum atomic E-state index is 12.0. The Labute approximate surface area is 122 Å². The molecule has 0 aromatic heterocycles. The molecule has 4 nitrogen and oxygen atoms in total. The molecule has 0 saturated heterocycles. The molecular weight excluding hydrogens is 254 g/mol. The summed E-state index contributed by atoms with van der Waals surface area (Å²) in [5.74, 6) is 0.0172. The first kappa shape index (κ1) is 17.0. The Balaban J connectivity index is 2.35. The fraction of sp³-hybridized carbons (Fsp3) is 0.875. The van der Waals surface area contributed by atoms with Gasteiger partial charge in [-0.25, -0.2) is 0 Å². The second-order valence-electron chi connectivity index (χ2n) is 6.73. The van der Waals surface area contributed by atoms with Crippen molar-refractivity contribution in [1.82, 2.24) is 5.32 Å². The number of carboxylic acids is 1. The second kappa shape index (κ2) is 7.65. The fourth-order valence-corrected chi connectivity index (χ4v) is 2.94. The lowest BCUT2D eigenvalue weighted by atomic mass is 9.85. The smallest absolute Gasteiger partial charge is 0.305 e. The quantitative estimate of drug-likeness (QED) is 0.718. The molecule has 1 saturated carbocycles. The summed E-state index contributed by atoms with van der Waals surface area (Å²) in [6.45, 7) is 5.71. The van der Waals surface area contributed by atoms with Gasteiger partial charge in [0, 0.05) is 12.0 Å². The lowest BCUT2D eigenvalue weighted by Gasteiger charge is -2.33. The zero-order valence-electron chi connectivity index (χ0n) is 13.1. The van der Waals surface area contributed by atoms with Crippen molar-refractivity contribution in [1.29, 1.82) is 0 Å². The Kier molecular flexibility index (Phi) is 6.50. The number of hydrogen-bond donors (Lipinski definition) is 2. The van der Waals surface area contributed by atoms with Crippen LogP contribution in [0.25, 0.3) is 0 Å². The van der Waals surface area contributed by atoms with Gasteiger partial charge >= 0.3 is 5.97 Å². The van der Waals surface area contributed by atoms with Crippen molar-refractivity contribution in [2.75, 3.05) is 0 Å². The van der Waals surface area contributed by atoms with Crippen LogP contribution in [-0.2, 0) is 9.59 Å². The van der Waals surface area contributed by atoms with E-state index in [4.69, 9.17) is 5.11 Å². The van der Waals surface area contributed by atoms with Crippen molar-refractivity contribution in [3.05, 3.63) is 0 Å². The van der Waals surface area contributed by atoms with Gasteiger partial charge < -0.3 is 10.4 Å². The summed E-state index contributed by atoms with van der Waals surface area (Å²) in [4.78, 5) is 23.0. The van der Waals surface area contributed by atoms with Gasteiger partial charge in [0.25, 0.3) is 0 Å². The molecule has 1 rings (SSSR count). The van der Waals surface area contributed by atoms with Crippen molar-refractivity contribution in [2.45, 2.75) is 77.7 Å². The Bertz CT molecular complexity index is 335. The maximum absolute atomic E-state index is 12.0. The first-order valence-corrected chi connectivity index (χ1v) is 7.86. The van der Waals surface area contributed by atoms with Crippen LogP contribution in [0.15, 0.2) is 0 Å². The second-order valence-corrected chi connectivity index (χ2v) is 6.73. The molecule has 1 amide bonds. The molecule has 0 heterocycles. The number of rotatable bonds is 8. The van der Waals surface area contributed by atoms with E-state index in [1.165, 1.54) is 25.7 Å². The van der Waals surface area contributed by atoms with Crippen molar-refractivity contribution in [3.8, 4) is 0 Å². The predicted molar refractivity (Wildman–Crippen MR) is 79.4 cm³/mol. The summed E-state index contributed by atoms with van der Waals surface area (Å²) in [7, 11) is 0. The highest BCUT2D eigenvalue weighted by Crippen LogP contribution is 2.29. The molecular formula is C16H29NO3. The molecule has 1 aliphatic carbocycles. The zero-order valence-corrected chi connectivity index (χ0v) is 13.1. The van der Waals surface area contributed by atoms with Crippen molar-refractivity contribution in [3.63, 3.8) is 0 Å². The van der Waals surface area contributed by atoms with Crippen LogP contribution in [0.2, 0.25) is 0 Å². The molecule has 0 bridgehead atoms. The van der Waals surface area contributed by atoms with Gasteiger partial charge in [0.1, 0.15) is 0 Å². The number of aliphatic carboxylic acids is 1. The lowest BCUT2D eigenvalue weighted by Crippen LogP contribution is -2.51. The highest BCUT2D eigenvalue weighted by atomic mass is 16.4. The minimum absolute atomic E-state index is 0.0135. The minimum Gasteiger partial charge on any atom is -0.481 e. The monoisotopic (exact) mass is 283 g/mol. The van der Waals surface area contributed by atoms with Gasteiger partial charge in [-0.05, 0) is 31.6 Å². The average molecular weight is 283 g/mol. The van der Waals surface area contributed by atoms with E-state index in [0.29, 0.717) is 6.42 Å². The van der Waals surface area contributed by atoms with E-state index in [2.05, 4.69) is 5.32 Å². The van der Waals surface area contributed by atoms with Crippen LogP contribution in [0, 0.1) is 11.8 Å². The van der Waals surface area contributed by atoms with Crippen LogP contribution in [-0.4, -0.2) is 22.5 Å². The molecule has 4 heteroatoms. The molecule has 116 valence electrons. The van der Waals surface area contributed by atoms with E-state index in [1.807, 2.05) is 20.8 Å². The summed E-state index contributed by atoms with van der Waals surface area (Å²) in [5, 5.41) is 11.9. The highest BCUT2D eigenvalue weighted by Gasteiger charge is 2.32. The Morgan fingerprint density at radius 2 is 1.90 bits per heavy atom. The van der Waals surface area contributed by atoms with Gasteiger partial charge in [-0.1, -0.05) is 39.5 Å². The molecule has 1 atom stereocenters. The van der Waals surface area contributed by atoms with Gasteiger partial charge in [0.2, 0.25) is 5.91 Å². The molecule has 1 aliphatic rings. The van der Waals surface area contributed by atoms with E-state index >= 15 is 0 Å². The maximum Gasteiger partial charge on any atom is 0.305 e. The molecule has 0 radical (unpaired) electrons. The summed E-state index contributed by atoms with van der Waals surface area (Å²) in [5.41, 5.74) is -0.656. The van der Waals surface area contributed by atoms with Crippen LogP contribution in [0.4, 0.5) is 0 Å². The van der Waals surface area contributed by atoms with Crippen LogP contribution >= 0.6 is 0 Å². The Morgan fingerprint density at radius 3 is 2.40 bits per heavy atom. The van der Waals surface area contributed by atoms with Crippen molar-refractivity contribution >= 4 is 11.9 Å². The minimum atomic E-state index is -0.868. The summed E-state index contributed by atoms with van der Waals surface area (Å²) >= 11 is 0. The number of nitrogens with one attached hydrogen (secondary N) is 1. The molecule has 0 aromatic carbocycles. The van der Waals surface area contributed by atoms with Gasteiger partial charge in [0.15, 0.2) is 0 Å². The standard InChI is InChI=1S/C16H29NO3/c1-12(2)16(3,11-15(19)20)17-14(18)10-6-9-13-7-4-5-8-13/h12-13H,4-11H2,1-3H3,(H,17,18)(H,19,20). The third-order valence-corrected chi connectivity index (χ3v) is 4.71. The SMILES string of the molecule is CC(C)C(C)(CC(=O)O)NC(=O)CCCC1CCCC1. The van der Waals surface area contributed by atoms with Gasteiger partial charge in [-0.3, -0.25) is 9.59 Å². The molecule has 2 N–H and O–H groups in total. The normalized spacial score (nSPS) is 19.0. The number of carboxylic acid groups (broad SMARTS) is 1. The van der Waals surface area contributed by atoms with E-state index in [1.54, 1.807) is 0 Å². The Hall–Kier alpha value is -1.06. The third kappa shape index (κ3) is 5.51. The average Bonchev–Trinajstić information content (AvgIpc) is 2.80. The molecule has 0 spiro atoms. The number of carbonyl (C=O) groups is 2. The first-order valence-electron chi connectivity index (χ1n) is 7.86. The summed E-state index contributed by atoms with van der Waals surface area (Å²) in [6, 6.07) is 0. The summed E-state index contributed by atoms with van der Waals surface area (Å²) < 4.78 is 0. The number of carbonyl (C=O) groups excluding carboxylic acids is 1.